The zero-order chi connectivity index (χ0) is 70.2. The zero-order valence-electron chi connectivity index (χ0n) is 59.5. The van der Waals surface area contributed by atoms with Crippen LogP contribution in [0.5, 0.6) is 34.5 Å². The number of allylic oxidation sites excluding steroid dienone is 10. The molecule has 0 aromatic heterocycles. The summed E-state index contributed by atoms with van der Waals surface area (Å²) in [6.07, 6.45) is 30.6. The molecule has 6 aliphatic carbocycles. The molecular formula is C81H97NO15. The summed E-state index contributed by atoms with van der Waals surface area (Å²) in [7, 11) is 0. The molecule has 0 radical (unpaired) electrons. The van der Waals surface area contributed by atoms with Crippen LogP contribution in [0.4, 0.5) is 0 Å². The Balaban J connectivity index is 0.000000186. The van der Waals surface area contributed by atoms with Crippen molar-refractivity contribution in [2.24, 2.45) is 23.7 Å². The zero-order valence-corrected chi connectivity index (χ0v) is 59.5. The second-order valence-electron chi connectivity index (χ2n) is 31.6. The van der Waals surface area contributed by atoms with Gasteiger partial charge in [-0.1, -0.05) is 70.9 Å². The molecule has 3 saturated heterocycles. The van der Waals surface area contributed by atoms with Gasteiger partial charge in [0.15, 0.2) is 45.5 Å². The predicted octanol–water partition coefficient (Wildman–Crippen LogP) is 15.4. The lowest BCUT2D eigenvalue weighted by Crippen LogP contribution is -2.72. The van der Waals surface area contributed by atoms with E-state index in [0.717, 1.165) is 62.8 Å². The summed E-state index contributed by atoms with van der Waals surface area (Å²) in [5.74, 6) is -3.10. The lowest BCUT2D eigenvalue weighted by atomic mass is 9.51. The van der Waals surface area contributed by atoms with Crippen molar-refractivity contribution in [3.8, 4) is 34.5 Å². The number of ketones is 4. The van der Waals surface area contributed by atoms with E-state index >= 15 is 0 Å². The Kier molecular flexibility index (Phi) is 17.3. The number of benzene rings is 2. The molecule has 516 valence electrons. The number of Topliss-reactive ketones (excluding diaryl/α,β-unsaturated/α-hetero) is 4. The molecule has 97 heavy (non-hydrogen) atoms. The Labute approximate surface area is 571 Å². The predicted molar refractivity (Wildman–Crippen MR) is 371 cm³/mol. The molecule has 7 heterocycles. The van der Waals surface area contributed by atoms with Gasteiger partial charge < -0.3 is 48.6 Å². The number of nitrogens with zero attached hydrogens (tertiary/aromatic N) is 1. The number of piperidine rings is 1. The van der Waals surface area contributed by atoms with Crippen molar-refractivity contribution in [3.63, 3.8) is 0 Å². The number of carbonyl (C=O) groups excluding carboxylic acids is 5. The standard InChI is InChI=1S/C43H53NO7.C38H44O8/c1-25(2)13-12-18-41(8)19-17-29-34(45)33-35(46)31-23-28-24-32-40(6,7)51-42(38(28)47,20-16-27(5)39(48)44-21-10-9-11-22-44)43(31,32)50-37(33)30(36(29)49-41)15-14-26(3)4;1-20(2)10-9-15-36(8)16-14-24-29(39)28-30(40)26-18-23-19-27-35(6,7)46-37(33(23)41,17-13-22(5)34(42)43)38(26,27)45-32(28)25(31(24)44-36)12-11-21(3)4/h13-14,16-17,19,23,28,32,45H,9-12,15,18,20-22,24H2,1-8H3;10-11,13-14,16,18,23,27,39H,9,12,15,17,19H2,1-8H3,(H,42,43)/b27-16-;22-13-. The molecule has 8 bridgehead atoms. The third-order valence-electron chi connectivity index (χ3n) is 22.6. The first-order valence-corrected chi connectivity index (χ1v) is 34.9. The van der Waals surface area contributed by atoms with Crippen molar-refractivity contribution in [2.45, 2.75) is 239 Å². The van der Waals surface area contributed by atoms with Crippen LogP contribution in [0.2, 0.25) is 0 Å². The quantitative estimate of drug-likeness (QED) is 0.105. The molecule has 10 atom stereocenters. The summed E-state index contributed by atoms with van der Waals surface area (Å²) in [5, 5.41) is 33.3. The number of rotatable bonds is 16. The summed E-state index contributed by atoms with van der Waals surface area (Å²) < 4.78 is 41.7. The van der Waals surface area contributed by atoms with Gasteiger partial charge in [0.05, 0.1) is 22.3 Å². The minimum absolute atomic E-state index is 0.0361. The van der Waals surface area contributed by atoms with Crippen molar-refractivity contribution in [2.75, 3.05) is 13.1 Å². The van der Waals surface area contributed by atoms with Crippen molar-refractivity contribution < 1.29 is 72.5 Å². The summed E-state index contributed by atoms with van der Waals surface area (Å²) in [5.41, 5.74) is -0.960. The summed E-state index contributed by atoms with van der Waals surface area (Å²) >= 11 is 0. The number of aromatic hydroxyl groups is 2. The van der Waals surface area contributed by atoms with E-state index in [4.69, 9.17) is 28.4 Å². The van der Waals surface area contributed by atoms with E-state index in [9.17, 15) is 44.1 Å². The Morgan fingerprint density at radius 3 is 1.30 bits per heavy atom. The highest BCUT2D eigenvalue weighted by atomic mass is 16.6. The average Bonchev–Trinajstić information content (AvgIpc) is 1.55. The Morgan fingerprint density at radius 2 is 0.918 bits per heavy atom. The van der Waals surface area contributed by atoms with E-state index < -0.39 is 68.4 Å². The molecule has 2 aromatic carbocycles. The van der Waals surface area contributed by atoms with Crippen LogP contribution in [0.15, 0.2) is 105 Å². The van der Waals surface area contributed by atoms with Crippen LogP contribution in [-0.4, -0.2) is 113 Å². The minimum atomic E-state index is -1.63. The molecule has 5 fully saturated rings. The number of phenols is 2. The van der Waals surface area contributed by atoms with Crippen molar-refractivity contribution in [1.29, 1.82) is 0 Å². The van der Waals surface area contributed by atoms with Gasteiger partial charge in [0.1, 0.15) is 56.8 Å². The SMILES string of the molecule is CC(C)=CCCC1(C)C=Cc2c(O)c3c(c(CC=C(C)C)c2O1)OC12C(=CC4CC1C(C)(C)OC2(C/C=C(/C)C(=O)N1CCCCC1)C4=O)C3=O.CC(C)=CCCC1(C)C=Cc2c(O)c3c(c(CC=C(C)C)c2O1)OC12C(=CC4CC1C(C)(C)OC2(C/C=C(/C)C(=O)O)C4=O)C3=O. The van der Waals surface area contributed by atoms with Gasteiger partial charge >= 0.3 is 5.97 Å². The number of hydrogen-bond acceptors (Lipinski definition) is 14. The van der Waals surface area contributed by atoms with Gasteiger partial charge in [0.2, 0.25) is 5.91 Å². The fourth-order valence-corrected chi connectivity index (χ4v) is 17.7. The number of amides is 1. The van der Waals surface area contributed by atoms with Gasteiger partial charge in [-0.25, -0.2) is 4.79 Å². The molecule has 2 aromatic rings. The normalized spacial score (nSPS) is 31.2. The lowest BCUT2D eigenvalue weighted by Gasteiger charge is -2.56. The van der Waals surface area contributed by atoms with Crippen LogP contribution in [0.1, 0.15) is 224 Å². The molecule has 16 heteroatoms. The number of carbonyl (C=O) groups is 6. The van der Waals surface area contributed by atoms with E-state index in [1.54, 1.807) is 19.1 Å². The van der Waals surface area contributed by atoms with Gasteiger partial charge in [-0.15, -0.1) is 0 Å². The number of aliphatic carboxylic acids is 1. The fourth-order valence-electron chi connectivity index (χ4n) is 17.7. The third-order valence-corrected chi connectivity index (χ3v) is 22.6. The molecule has 2 spiro atoms. The first kappa shape index (κ1) is 69.1. The maximum absolute atomic E-state index is 15.0. The average molecular weight is 1320 g/mol. The van der Waals surface area contributed by atoms with Crippen LogP contribution in [-0.2, 0) is 41.5 Å². The second-order valence-corrected chi connectivity index (χ2v) is 31.6. The largest absolute Gasteiger partial charge is 0.506 e. The first-order chi connectivity index (χ1) is 45.5. The molecule has 10 unspecified atom stereocenters. The highest BCUT2D eigenvalue weighted by molar-refractivity contribution is 6.20. The third kappa shape index (κ3) is 10.8. The van der Waals surface area contributed by atoms with Gasteiger partial charge in [-0.05, 0) is 206 Å². The number of phenolic OH excluding ortho intramolecular Hbond substituents is 2. The van der Waals surface area contributed by atoms with E-state index in [2.05, 4.69) is 45.9 Å². The number of ether oxygens (including phenoxy) is 6. The maximum Gasteiger partial charge on any atom is 0.330 e. The monoisotopic (exact) mass is 1320 g/mol. The summed E-state index contributed by atoms with van der Waals surface area (Å²) in [6, 6.07) is 0. The highest BCUT2D eigenvalue weighted by Gasteiger charge is 2.83. The van der Waals surface area contributed by atoms with Gasteiger partial charge in [0, 0.05) is 83.0 Å². The molecule has 16 nitrogen and oxygen atoms in total. The molecule has 7 aliphatic heterocycles. The molecular weight excluding hydrogens is 1230 g/mol. The van der Waals surface area contributed by atoms with Crippen molar-refractivity contribution in [3.05, 3.63) is 139 Å². The molecule has 15 rings (SSSR count). The highest BCUT2D eigenvalue weighted by Crippen LogP contribution is 2.71. The first-order valence-electron chi connectivity index (χ1n) is 34.9. The Hall–Kier alpha value is -7.82. The fraction of sp³-hybridized carbons (Fsp3) is 0.531. The number of carboxylic acids is 1. The van der Waals surface area contributed by atoms with Crippen LogP contribution >= 0.6 is 0 Å². The van der Waals surface area contributed by atoms with Crippen LogP contribution in [0.3, 0.4) is 0 Å². The minimum Gasteiger partial charge on any atom is -0.506 e. The lowest BCUT2D eigenvalue weighted by molar-refractivity contribution is -0.172. The molecule has 3 N–H and O–H groups in total. The topological polar surface area (TPSA) is 222 Å². The van der Waals surface area contributed by atoms with Gasteiger partial charge in [-0.3, -0.25) is 24.0 Å². The maximum atomic E-state index is 15.0. The number of likely N-dealkylation sites (tertiary alicyclic amines) is 1. The number of carboxylic acid groups (broad SMARTS) is 1. The molecule has 2 saturated carbocycles. The van der Waals surface area contributed by atoms with Crippen LogP contribution in [0, 0.1) is 23.7 Å². The van der Waals surface area contributed by atoms with E-state index in [1.165, 1.54) is 24.1 Å². The van der Waals surface area contributed by atoms with Crippen LogP contribution in [0.25, 0.3) is 12.2 Å². The Morgan fingerprint density at radius 1 is 0.526 bits per heavy atom. The van der Waals surface area contributed by atoms with Gasteiger partial charge in [0.25, 0.3) is 0 Å². The van der Waals surface area contributed by atoms with Crippen LogP contribution < -0.4 is 18.9 Å². The second kappa shape index (κ2) is 24.3. The van der Waals surface area contributed by atoms with E-state index in [-0.39, 0.29) is 87.6 Å². The smallest absolute Gasteiger partial charge is 0.330 e. The van der Waals surface area contributed by atoms with Gasteiger partial charge in [-0.2, -0.15) is 0 Å². The van der Waals surface area contributed by atoms with E-state index in [0.29, 0.717) is 82.6 Å². The van der Waals surface area contributed by atoms with E-state index in [1.807, 2.05) is 111 Å². The summed E-state index contributed by atoms with van der Waals surface area (Å²) in [6.45, 7) is 32.8. The molecule has 13 aliphatic rings. The number of hydrogen-bond donors (Lipinski definition) is 3. The van der Waals surface area contributed by atoms with Crippen molar-refractivity contribution >= 4 is 47.2 Å². The molecule has 1 amide bonds. The summed E-state index contributed by atoms with van der Waals surface area (Å²) in [4.78, 5) is 85.8. The Bertz CT molecular complexity index is 4110. The van der Waals surface area contributed by atoms with Crippen molar-refractivity contribution in [1.82, 2.24) is 4.90 Å². The number of fused-ring (bicyclic) bond motifs is 4.